The van der Waals surface area contributed by atoms with Crippen molar-refractivity contribution in [2.24, 2.45) is 0 Å². The van der Waals surface area contributed by atoms with Crippen LogP contribution in [0.2, 0.25) is 0 Å². The molecule has 0 saturated carbocycles. The van der Waals surface area contributed by atoms with Crippen LogP contribution in [-0.4, -0.2) is 38.3 Å². The van der Waals surface area contributed by atoms with Gasteiger partial charge in [-0.1, -0.05) is 36.8 Å². The van der Waals surface area contributed by atoms with Gasteiger partial charge in [0.25, 0.3) is 0 Å². The predicted octanol–water partition coefficient (Wildman–Crippen LogP) is 3.77. The van der Waals surface area contributed by atoms with Gasteiger partial charge >= 0.3 is 0 Å². The van der Waals surface area contributed by atoms with Gasteiger partial charge in [-0.05, 0) is 61.4 Å². The van der Waals surface area contributed by atoms with Gasteiger partial charge in [0, 0.05) is 31.7 Å². The molecule has 2 aliphatic heterocycles. The molecule has 0 atom stereocenters. The van der Waals surface area contributed by atoms with Crippen LogP contribution in [0.25, 0.3) is 0 Å². The number of benzene rings is 2. The van der Waals surface area contributed by atoms with Gasteiger partial charge in [-0.2, -0.15) is 4.31 Å². The van der Waals surface area contributed by atoms with Crippen LogP contribution >= 0.6 is 0 Å². The lowest BCUT2D eigenvalue weighted by atomic mass is 10.0. The summed E-state index contributed by atoms with van der Waals surface area (Å²) in [7, 11) is -3.40. The maximum absolute atomic E-state index is 12.8. The SMILES string of the molecule is O=C(CCc1ccc(S(=O)(=O)N2CCCCC2)cc1)N1CCCc2ccccc21. The number of hydrogen-bond acceptors (Lipinski definition) is 3. The van der Waals surface area contributed by atoms with Crippen molar-refractivity contribution in [3.05, 3.63) is 59.7 Å². The topological polar surface area (TPSA) is 57.7 Å². The van der Waals surface area contributed by atoms with Gasteiger partial charge in [0.1, 0.15) is 0 Å². The Kier molecular flexibility index (Phi) is 6.01. The number of piperidine rings is 1. The maximum atomic E-state index is 12.8. The molecule has 154 valence electrons. The minimum absolute atomic E-state index is 0.127. The number of nitrogens with zero attached hydrogens (tertiary/aromatic N) is 2. The average Bonchev–Trinajstić information content (AvgIpc) is 2.78. The zero-order valence-corrected chi connectivity index (χ0v) is 17.5. The molecule has 0 radical (unpaired) electrons. The van der Waals surface area contributed by atoms with Crippen LogP contribution < -0.4 is 4.90 Å². The van der Waals surface area contributed by atoms with Crippen LogP contribution in [0.4, 0.5) is 5.69 Å². The molecule has 0 unspecified atom stereocenters. The average molecular weight is 413 g/mol. The molecular weight excluding hydrogens is 384 g/mol. The van der Waals surface area contributed by atoms with Crippen LogP contribution in [0.3, 0.4) is 0 Å². The summed E-state index contributed by atoms with van der Waals surface area (Å²) in [6.07, 6.45) is 6.01. The molecule has 0 aliphatic carbocycles. The second kappa shape index (κ2) is 8.67. The van der Waals surface area contributed by atoms with Crippen molar-refractivity contribution in [3.8, 4) is 0 Å². The fraction of sp³-hybridized carbons (Fsp3) is 0.435. The van der Waals surface area contributed by atoms with E-state index in [9.17, 15) is 13.2 Å². The van der Waals surface area contributed by atoms with Gasteiger partial charge in [-0.15, -0.1) is 0 Å². The third-order valence-corrected chi connectivity index (χ3v) is 7.83. The molecule has 5 nitrogen and oxygen atoms in total. The van der Waals surface area contributed by atoms with Gasteiger partial charge in [-0.3, -0.25) is 4.79 Å². The summed E-state index contributed by atoms with van der Waals surface area (Å²) >= 11 is 0. The number of hydrogen-bond donors (Lipinski definition) is 0. The Hall–Kier alpha value is -2.18. The molecule has 0 aromatic heterocycles. The Labute approximate surface area is 173 Å². The quantitative estimate of drug-likeness (QED) is 0.751. The Morgan fingerprint density at radius 1 is 0.862 bits per heavy atom. The molecule has 1 fully saturated rings. The van der Waals surface area contributed by atoms with Crippen LogP contribution in [0, 0.1) is 0 Å². The minimum atomic E-state index is -3.40. The molecule has 2 aliphatic rings. The van der Waals surface area contributed by atoms with Gasteiger partial charge < -0.3 is 4.90 Å². The highest BCUT2D eigenvalue weighted by molar-refractivity contribution is 7.89. The highest BCUT2D eigenvalue weighted by atomic mass is 32.2. The molecule has 4 rings (SSSR count). The molecule has 1 saturated heterocycles. The molecule has 2 heterocycles. The van der Waals surface area contributed by atoms with Gasteiger partial charge in [0.05, 0.1) is 4.90 Å². The monoisotopic (exact) mass is 412 g/mol. The molecule has 2 aromatic carbocycles. The predicted molar refractivity (Wildman–Crippen MR) is 114 cm³/mol. The van der Waals surface area contributed by atoms with Crippen molar-refractivity contribution in [1.29, 1.82) is 0 Å². The summed E-state index contributed by atoms with van der Waals surface area (Å²) in [5, 5.41) is 0. The number of rotatable bonds is 5. The van der Waals surface area contributed by atoms with Crippen LogP contribution in [-0.2, 0) is 27.7 Å². The molecule has 2 aromatic rings. The summed E-state index contributed by atoms with van der Waals surface area (Å²) in [4.78, 5) is 15.0. The van der Waals surface area contributed by atoms with E-state index in [0.717, 1.165) is 49.9 Å². The standard InChI is InChI=1S/C23H28N2O3S/c26-23(25-18-6-8-20-7-2-3-9-22(20)25)15-12-19-10-13-21(14-11-19)29(27,28)24-16-4-1-5-17-24/h2-3,7,9-11,13-14H,1,4-6,8,12,15-18H2. The van der Waals surface area contributed by atoms with Crippen LogP contribution in [0.1, 0.15) is 43.2 Å². The Morgan fingerprint density at radius 3 is 2.34 bits per heavy atom. The summed E-state index contributed by atoms with van der Waals surface area (Å²) in [5.74, 6) is 0.127. The number of anilines is 1. The van der Waals surface area contributed by atoms with Gasteiger partial charge in [-0.25, -0.2) is 8.42 Å². The molecule has 0 spiro atoms. The van der Waals surface area contributed by atoms with E-state index in [2.05, 4.69) is 6.07 Å². The smallest absolute Gasteiger partial charge is 0.243 e. The minimum Gasteiger partial charge on any atom is -0.312 e. The van der Waals surface area contributed by atoms with Crippen molar-refractivity contribution in [2.75, 3.05) is 24.5 Å². The largest absolute Gasteiger partial charge is 0.312 e. The summed E-state index contributed by atoms with van der Waals surface area (Å²) < 4.78 is 27.1. The number of sulfonamides is 1. The van der Waals surface area contributed by atoms with Crippen LogP contribution in [0.5, 0.6) is 0 Å². The van der Waals surface area contributed by atoms with Gasteiger partial charge in [0.15, 0.2) is 0 Å². The fourth-order valence-electron chi connectivity index (χ4n) is 4.26. The maximum Gasteiger partial charge on any atom is 0.243 e. The van der Waals surface area contributed by atoms with Gasteiger partial charge in [0.2, 0.25) is 15.9 Å². The van der Waals surface area contributed by atoms with E-state index in [-0.39, 0.29) is 5.91 Å². The number of para-hydroxylation sites is 1. The number of aryl methyl sites for hydroxylation is 2. The first-order valence-corrected chi connectivity index (χ1v) is 12.0. The van der Waals surface area contributed by atoms with Crippen molar-refractivity contribution in [2.45, 2.75) is 49.8 Å². The zero-order valence-electron chi connectivity index (χ0n) is 16.7. The number of amides is 1. The van der Waals surface area contributed by atoms with E-state index >= 15 is 0 Å². The van der Waals surface area contributed by atoms with E-state index in [1.165, 1.54) is 5.56 Å². The lowest BCUT2D eigenvalue weighted by Crippen LogP contribution is -2.35. The van der Waals surface area contributed by atoms with E-state index in [4.69, 9.17) is 0 Å². The number of carbonyl (C=O) groups excluding carboxylic acids is 1. The van der Waals surface area contributed by atoms with E-state index in [0.29, 0.717) is 30.8 Å². The highest BCUT2D eigenvalue weighted by Crippen LogP contribution is 2.27. The molecule has 1 amide bonds. The van der Waals surface area contributed by atoms with Crippen molar-refractivity contribution in [3.63, 3.8) is 0 Å². The number of carbonyl (C=O) groups is 1. The Morgan fingerprint density at radius 2 is 1.59 bits per heavy atom. The third kappa shape index (κ3) is 4.38. The van der Waals surface area contributed by atoms with Crippen molar-refractivity contribution in [1.82, 2.24) is 4.31 Å². The molecule has 0 N–H and O–H groups in total. The number of fused-ring (bicyclic) bond motifs is 1. The van der Waals surface area contributed by atoms with Crippen molar-refractivity contribution >= 4 is 21.6 Å². The van der Waals surface area contributed by atoms with E-state index in [1.54, 1.807) is 16.4 Å². The molecule has 0 bridgehead atoms. The fourth-order valence-corrected chi connectivity index (χ4v) is 5.78. The van der Waals surface area contributed by atoms with E-state index < -0.39 is 10.0 Å². The summed E-state index contributed by atoms with van der Waals surface area (Å²) in [6, 6.07) is 15.2. The normalized spacial score (nSPS) is 17.7. The first-order valence-electron chi connectivity index (χ1n) is 10.5. The second-order valence-electron chi connectivity index (χ2n) is 7.89. The first kappa shape index (κ1) is 20.1. The zero-order chi connectivity index (χ0) is 20.3. The summed E-state index contributed by atoms with van der Waals surface area (Å²) in [5.41, 5.74) is 3.26. The first-order chi connectivity index (χ1) is 14.1. The molecule has 29 heavy (non-hydrogen) atoms. The lowest BCUT2D eigenvalue weighted by molar-refractivity contribution is -0.118. The second-order valence-corrected chi connectivity index (χ2v) is 9.82. The molecular formula is C23H28N2O3S. The summed E-state index contributed by atoms with van der Waals surface area (Å²) in [6.45, 7) is 1.98. The lowest BCUT2D eigenvalue weighted by Gasteiger charge is -2.29. The highest BCUT2D eigenvalue weighted by Gasteiger charge is 2.26. The molecule has 6 heteroatoms. The Bertz CT molecular complexity index is 964. The van der Waals surface area contributed by atoms with Crippen LogP contribution in [0.15, 0.2) is 53.4 Å². The van der Waals surface area contributed by atoms with Crippen molar-refractivity contribution < 1.29 is 13.2 Å². The Balaban J connectivity index is 1.39. The third-order valence-electron chi connectivity index (χ3n) is 5.92. The van der Waals surface area contributed by atoms with E-state index in [1.807, 2.05) is 35.2 Å².